The minimum Gasteiger partial charge on any atom is -0.504 e. The van der Waals surface area contributed by atoms with Crippen molar-refractivity contribution in [2.45, 2.75) is 32.4 Å². The van der Waals surface area contributed by atoms with Crippen LogP contribution in [0.15, 0.2) is 84.9 Å². The van der Waals surface area contributed by atoms with E-state index in [0.717, 1.165) is 5.69 Å². The third-order valence-corrected chi connectivity index (χ3v) is 7.22. The second-order valence-corrected chi connectivity index (χ2v) is 11.4. The molecule has 4 rings (SSSR count). The van der Waals surface area contributed by atoms with Gasteiger partial charge < -0.3 is 47.3 Å². The summed E-state index contributed by atoms with van der Waals surface area (Å²) in [6.45, 7) is 3.37. The van der Waals surface area contributed by atoms with Crippen molar-refractivity contribution in [2.24, 2.45) is 5.73 Å². The first-order valence-electron chi connectivity index (χ1n) is 15.5. The van der Waals surface area contributed by atoms with Crippen LogP contribution in [-0.4, -0.2) is 64.9 Å². The maximum absolute atomic E-state index is 13.2. The molecule has 51 heavy (non-hydrogen) atoms. The molecule has 0 heterocycles. The summed E-state index contributed by atoms with van der Waals surface area (Å²) in [5.74, 6) is -5.38. The Morgan fingerprint density at radius 2 is 1.35 bits per heavy atom. The third kappa shape index (κ3) is 9.82. The van der Waals surface area contributed by atoms with Crippen molar-refractivity contribution >= 4 is 58.3 Å². The van der Waals surface area contributed by atoms with E-state index in [1.54, 1.807) is 45.2 Å². The van der Waals surface area contributed by atoms with Crippen molar-refractivity contribution in [1.82, 2.24) is 5.32 Å². The highest BCUT2D eigenvalue weighted by Gasteiger charge is 2.25. The zero-order valence-corrected chi connectivity index (χ0v) is 27.8. The van der Waals surface area contributed by atoms with Crippen LogP contribution in [0.2, 0.25) is 0 Å². The normalized spacial score (nSPS) is 11.1. The van der Waals surface area contributed by atoms with Crippen molar-refractivity contribution in [1.29, 1.82) is 0 Å². The highest BCUT2D eigenvalue weighted by atomic mass is 16.5. The van der Waals surface area contributed by atoms with Crippen LogP contribution in [-0.2, 0) is 9.59 Å². The van der Waals surface area contributed by atoms with Crippen LogP contribution in [0.25, 0.3) is 0 Å². The summed E-state index contributed by atoms with van der Waals surface area (Å²) >= 11 is 0. The number of hydrogen-bond donors (Lipinski definition) is 8. The number of aromatic carboxylic acids is 1. The molecule has 0 spiro atoms. The van der Waals surface area contributed by atoms with Crippen molar-refractivity contribution in [2.75, 3.05) is 28.3 Å². The van der Waals surface area contributed by atoms with Gasteiger partial charge in [0, 0.05) is 35.2 Å². The lowest BCUT2D eigenvalue weighted by Crippen LogP contribution is -2.46. The Morgan fingerprint density at radius 3 is 1.94 bits per heavy atom. The average Bonchev–Trinajstić information content (AvgIpc) is 3.09. The predicted octanol–water partition coefficient (Wildman–Crippen LogP) is 4.04. The molecule has 1 atom stereocenters. The van der Waals surface area contributed by atoms with Gasteiger partial charge in [-0.25, -0.2) is 4.79 Å². The van der Waals surface area contributed by atoms with E-state index in [0.29, 0.717) is 0 Å². The number of primary amides is 1. The first-order chi connectivity index (χ1) is 24.2. The molecule has 264 valence electrons. The molecular weight excluding hydrogens is 660 g/mol. The molecule has 0 aromatic heterocycles. The number of nitrogens with two attached hydrogens (primary N) is 1. The fourth-order valence-corrected chi connectivity index (χ4v) is 4.71. The molecule has 4 aromatic rings. The number of hydrogen-bond acceptors (Lipinski definition) is 9. The van der Waals surface area contributed by atoms with E-state index in [2.05, 4.69) is 26.6 Å². The number of amides is 5. The van der Waals surface area contributed by atoms with E-state index in [1.165, 1.54) is 60.7 Å². The Bertz CT molecular complexity index is 1960. The van der Waals surface area contributed by atoms with Gasteiger partial charge in [-0.3, -0.25) is 24.0 Å². The van der Waals surface area contributed by atoms with Gasteiger partial charge in [0.2, 0.25) is 11.8 Å². The van der Waals surface area contributed by atoms with Gasteiger partial charge in [-0.1, -0.05) is 6.07 Å². The van der Waals surface area contributed by atoms with Crippen LogP contribution in [0.1, 0.15) is 61.7 Å². The number of carboxylic acid groups (broad SMARTS) is 1. The highest BCUT2D eigenvalue weighted by Crippen LogP contribution is 2.39. The number of phenols is 1. The fraction of sp³-hybridized carbons (Fsp3) is 0.167. The Morgan fingerprint density at radius 1 is 0.725 bits per heavy atom. The minimum atomic E-state index is -1.28. The molecule has 1 unspecified atom stereocenters. The van der Waals surface area contributed by atoms with E-state index < -0.39 is 59.8 Å². The zero-order valence-electron chi connectivity index (χ0n) is 27.8. The van der Waals surface area contributed by atoms with Crippen molar-refractivity contribution in [3.05, 3.63) is 107 Å². The molecule has 15 nitrogen and oxygen atoms in total. The smallest absolute Gasteiger partial charge is 0.335 e. The number of nitrogens with one attached hydrogen (secondary N) is 5. The first-order valence-corrected chi connectivity index (χ1v) is 15.5. The van der Waals surface area contributed by atoms with Gasteiger partial charge in [0.05, 0.1) is 29.3 Å². The number of carboxylic acids is 1. The van der Waals surface area contributed by atoms with Gasteiger partial charge in [-0.2, -0.15) is 0 Å². The van der Waals surface area contributed by atoms with E-state index in [-0.39, 0.29) is 45.1 Å². The quantitative estimate of drug-likeness (QED) is 0.0941. The molecule has 4 aromatic carbocycles. The standard InChI is InChI=1S/C36H36N6O9/c1-19(2)51-31-27(16-15-26(30(31)44)34(47)40-25-6-4-5-22(17-25)36(49)50)41-32(45)21-9-13-24(14-10-21)39-35(48)28(18-29(37)43)42-33(46)20-7-11-23(38-3)12-8-20/h4-17,19,28,38,44H,18H2,1-3H3,(H2,37,43)(H,39,48)(H,40,47)(H,41,45)(H,42,46)(H,49,50). The fourth-order valence-electron chi connectivity index (χ4n) is 4.71. The van der Waals surface area contributed by atoms with Crippen molar-refractivity contribution < 1.29 is 43.7 Å². The summed E-state index contributed by atoms with van der Waals surface area (Å²) in [6, 6.07) is 19.1. The van der Waals surface area contributed by atoms with Gasteiger partial charge >= 0.3 is 5.97 Å². The van der Waals surface area contributed by atoms with Crippen LogP contribution in [0.4, 0.5) is 22.7 Å². The summed E-state index contributed by atoms with van der Waals surface area (Å²) in [4.78, 5) is 75.0. The SMILES string of the molecule is CNc1ccc(C(=O)NC(CC(N)=O)C(=O)Nc2ccc(C(=O)Nc3ccc(C(=O)Nc4cccc(C(=O)O)c4)c(O)c3OC(C)C)cc2)cc1. The minimum absolute atomic E-state index is 0.0439. The molecule has 15 heteroatoms. The van der Waals surface area contributed by atoms with E-state index >= 15 is 0 Å². The molecule has 0 aliphatic rings. The summed E-state index contributed by atoms with van der Waals surface area (Å²) in [5.41, 5.74) is 6.77. The van der Waals surface area contributed by atoms with Crippen molar-refractivity contribution in [3.8, 4) is 11.5 Å². The Balaban J connectivity index is 1.46. The zero-order chi connectivity index (χ0) is 37.2. The summed E-state index contributed by atoms with van der Waals surface area (Å²) in [7, 11) is 1.73. The van der Waals surface area contributed by atoms with Crippen molar-refractivity contribution in [3.63, 3.8) is 0 Å². The molecule has 5 amide bonds. The molecule has 0 fully saturated rings. The first kappa shape index (κ1) is 36.9. The second-order valence-electron chi connectivity index (χ2n) is 11.4. The molecule has 9 N–H and O–H groups in total. The molecule has 0 saturated carbocycles. The lowest BCUT2D eigenvalue weighted by atomic mass is 10.1. The second kappa shape index (κ2) is 16.5. The third-order valence-electron chi connectivity index (χ3n) is 7.22. The van der Waals surface area contributed by atoms with Crippen LogP contribution < -0.4 is 37.1 Å². The molecule has 0 aliphatic heterocycles. The van der Waals surface area contributed by atoms with E-state index in [4.69, 9.17) is 10.5 Å². The summed E-state index contributed by atoms with van der Waals surface area (Å²) < 4.78 is 5.75. The van der Waals surface area contributed by atoms with Gasteiger partial charge in [0.25, 0.3) is 17.7 Å². The number of anilines is 4. The van der Waals surface area contributed by atoms with Crippen LogP contribution >= 0.6 is 0 Å². The predicted molar refractivity (Wildman–Crippen MR) is 189 cm³/mol. The number of ether oxygens (including phenoxy) is 1. The Kier molecular flexibility index (Phi) is 11.9. The van der Waals surface area contributed by atoms with Crippen LogP contribution in [0.3, 0.4) is 0 Å². The monoisotopic (exact) mass is 696 g/mol. The number of phenolic OH excluding ortho intramolecular Hbond substituents is 1. The van der Waals surface area contributed by atoms with Crippen LogP contribution in [0, 0.1) is 0 Å². The Labute approximate surface area is 292 Å². The highest BCUT2D eigenvalue weighted by molar-refractivity contribution is 6.10. The topological polar surface area (TPSA) is 238 Å². The van der Waals surface area contributed by atoms with E-state index in [9.17, 15) is 39.0 Å². The molecule has 0 saturated heterocycles. The number of rotatable bonds is 14. The Hall–Kier alpha value is -6.90. The maximum Gasteiger partial charge on any atom is 0.335 e. The average molecular weight is 697 g/mol. The van der Waals surface area contributed by atoms with Gasteiger partial charge in [-0.15, -0.1) is 0 Å². The number of carbonyl (C=O) groups excluding carboxylic acids is 5. The molecule has 0 aliphatic carbocycles. The largest absolute Gasteiger partial charge is 0.504 e. The van der Waals surface area contributed by atoms with Gasteiger partial charge in [-0.05, 0) is 92.7 Å². The lowest BCUT2D eigenvalue weighted by molar-refractivity contribution is -0.123. The van der Waals surface area contributed by atoms with E-state index in [1.807, 2.05) is 0 Å². The summed E-state index contributed by atoms with van der Waals surface area (Å²) in [6.07, 6.45) is -0.930. The number of carbonyl (C=O) groups is 6. The molecular formula is C36H36N6O9. The maximum atomic E-state index is 13.2. The van der Waals surface area contributed by atoms with Gasteiger partial charge in [0.15, 0.2) is 11.5 Å². The number of aromatic hydroxyl groups is 1. The molecule has 0 radical (unpaired) electrons. The van der Waals surface area contributed by atoms with Gasteiger partial charge in [0.1, 0.15) is 6.04 Å². The molecule has 0 bridgehead atoms. The lowest BCUT2D eigenvalue weighted by Gasteiger charge is -2.19. The summed E-state index contributed by atoms with van der Waals surface area (Å²) in [5, 5.41) is 33.5. The number of benzene rings is 4. The van der Waals surface area contributed by atoms with Crippen LogP contribution in [0.5, 0.6) is 11.5 Å².